The molecule has 1 N–H and O–H groups in total. The molecular formula is C25H38N2O4. The molecular weight excluding hydrogens is 392 g/mol. The van der Waals surface area contributed by atoms with Crippen LogP contribution in [0, 0.1) is 13.8 Å². The first-order valence-electron chi connectivity index (χ1n) is 10.8. The first-order chi connectivity index (χ1) is 14.8. The Kier molecular flexibility index (Phi) is 10.1. The molecule has 2 aromatic carbocycles. The topological polar surface area (TPSA) is 54.4 Å². The molecule has 31 heavy (non-hydrogen) atoms. The van der Waals surface area contributed by atoms with Gasteiger partial charge in [0.2, 0.25) is 0 Å². The summed E-state index contributed by atoms with van der Waals surface area (Å²) in [6, 6.07) is 12.0. The van der Waals surface area contributed by atoms with Crippen LogP contribution in [-0.4, -0.2) is 75.6 Å². The van der Waals surface area contributed by atoms with E-state index in [1.54, 1.807) is 7.11 Å². The van der Waals surface area contributed by atoms with E-state index in [9.17, 15) is 5.11 Å². The predicted octanol–water partition coefficient (Wildman–Crippen LogP) is 3.51. The van der Waals surface area contributed by atoms with Crippen LogP contribution < -0.4 is 14.2 Å². The number of ether oxygens (including phenoxy) is 3. The van der Waals surface area contributed by atoms with E-state index < -0.39 is 6.10 Å². The zero-order valence-corrected chi connectivity index (χ0v) is 19.9. The van der Waals surface area contributed by atoms with Crippen LogP contribution in [0.2, 0.25) is 0 Å². The van der Waals surface area contributed by atoms with Gasteiger partial charge in [-0.25, -0.2) is 0 Å². The normalized spacial score (nSPS) is 12.3. The summed E-state index contributed by atoms with van der Waals surface area (Å²) in [5, 5.41) is 10.4. The summed E-state index contributed by atoms with van der Waals surface area (Å²) in [5.74, 6) is 2.31. The summed E-state index contributed by atoms with van der Waals surface area (Å²) in [6.07, 6.45) is 0.384. The van der Waals surface area contributed by atoms with Crippen molar-refractivity contribution in [3.05, 3.63) is 53.1 Å². The van der Waals surface area contributed by atoms with Crippen molar-refractivity contribution in [2.75, 3.05) is 54.6 Å². The van der Waals surface area contributed by atoms with Crippen LogP contribution in [-0.2, 0) is 6.54 Å². The fourth-order valence-electron chi connectivity index (χ4n) is 3.43. The first-order valence-corrected chi connectivity index (χ1v) is 10.8. The summed E-state index contributed by atoms with van der Waals surface area (Å²) in [4.78, 5) is 4.21. The minimum Gasteiger partial charge on any atom is -0.493 e. The summed E-state index contributed by atoms with van der Waals surface area (Å²) in [7, 11) is 7.75. The van der Waals surface area contributed by atoms with Gasteiger partial charge < -0.3 is 24.2 Å². The van der Waals surface area contributed by atoms with Crippen LogP contribution in [0.3, 0.4) is 0 Å². The number of nitrogens with zero attached hydrogens (tertiary/aromatic N) is 2. The molecule has 2 rings (SSSR count). The Hall–Kier alpha value is -2.28. The SMILES string of the molecule is COc1cc(CN(C)CC(O)COc2ccc(C)cc2C)ccc1OCCCN(C)C. The van der Waals surface area contributed by atoms with E-state index in [4.69, 9.17) is 14.2 Å². The number of aryl methyl sites for hydroxylation is 2. The highest BCUT2D eigenvalue weighted by molar-refractivity contribution is 5.43. The lowest BCUT2D eigenvalue weighted by Gasteiger charge is -2.22. The predicted molar refractivity (Wildman–Crippen MR) is 125 cm³/mol. The Morgan fingerprint density at radius 2 is 1.68 bits per heavy atom. The molecule has 1 atom stereocenters. The monoisotopic (exact) mass is 430 g/mol. The van der Waals surface area contributed by atoms with Gasteiger partial charge in [0.15, 0.2) is 11.5 Å². The van der Waals surface area contributed by atoms with E-state index in [2.05, 4.69) is 36.9 Å². The number of hydrogen-bond acceptors (Lipinski definition) is 6. The number of likely N-dealkylation sites (N-methyl/N-ethyl adjacent to an activating group) is 1. The molecule has 0 amide bonds. The maximum Gasteiger partial charge on any atom is 0.161 e. The number of hydrogen-bond donors (Lipinski definition) is 1. The third kappa shape index (κ3) is 8.77. The molecule has 6 nitrogen and oxygen atoms in total. The second-order valence-electron chi connectivity index (χ2n) is 8.42. The molecule has 0 saturated carbocycles. The molecule has 172 valence electrons. The lowest BCUT2D eigenvalue weighted by molar-refractivity contribution is 0.0741. The molecule has 0 aliphatic carbocycles. The van der Waals surface area contributed by atoms with Crippen molar-refractivity contribution in [2.24, 2.45) is 0 Å². The number of rotatable bonds is 13. The molecule has 0 aliphatic rings. The Labute approximate surface area is 187 Å². The Morgan fingerprint density at radius 1 is 0.935 bits per heavy atom. The fourth-order valence-corrected chi connectivity index (χ4v) is 3.43. The zero-order chi connectivity index (χ0) is 22.8. The molecule has 0 saturated heterocycles. The third-order valence-electron chi connectivity index (χ3n) is 4.97. The Balaban J connectivity index is 1.82. The van der Waals surface area contributed by atoms with Gasteiger partial charge >= 0.3 is 0 Å². The number of benzene rings is 2. The van der Waals surface area contributed by atoms with E-state index in [0.29, 0.717) is 19.7 Å². The highest BCUT2D eigenvalue weighted by Gasteiger charge is 2.12. The van der Waals surface area contributed by atoms with Crippen molar-refractivity contribution in [3.8, 4) is 17.2 Å². The van der Waals surface area contributed by atoms with Gasteiger partial charge in [0.1, 0.15) is 18.5 Å². The molecule has 0 fully saturated rings. The quantitative estimate of drug-likeness (QED) is 0.491. The van der Waals surface area contributed by atoms with Crippen LogP contribution in [0.25, 0.3) is 0 Å². The molecule has 2 aromatic rings. The molecule has 0 aromatic heterocycles. The van der Waals surface area contributed by atoms with Crippen molar-refractivity contribution in [1.29, 1.82) is 0 Å². The highest BCUT2D eigenvalue weighted by Crippen LogP contribution is 2.28. The summed E-state index contributed by atoms with van der Waals surface area (Å²) >= 11 is 0. The maximum atomic E-state index is 10.4. The highest BCUT2D eigenvalue weighted by atomic mass is 16.5. The molecule has 0 heterocycles. The van der Waals surface area contributed by atoms with E-state index >= 15 is 0 Å². The van der Waals surface area contributed by atoms with Gasteiger partial charge in [-0.2, -0.15) is 0 Å². The van der Waals surface area contributed by atoms with E-state index in [0.717, 1.165) is 41.3 Å². The molecule has 6 heteroatoms. The van der Waals surface area contributed by atoms with Crippen molar-refractivity contribution in [2.45, 2.75) is 32.9 Å². The van der Waals surface area contributed by atoms with E-state index in [-0.39, 0.29) is 6.61 Å². The van der Waals surface area contributed by atoms with Crippen LogP contribution >= 0.6 is 0 Å². The van der Waals surface area contributed by atoms with E-state index in [1.807, 2.05) is 44.3 Å². The summed E-state index contributed by atoms with van der Waals surface area (Å²) < 4.78 is 17.2. The largest absolute Gasteiger partial charge is 0.493 e. The number of aliphatic hydroxyl groups is 1. The van der Waals surface area contributed by atoms with Crippen molar-refractivity contribution < 1.29 is 19.3 Å². The number of aliphatic hydroxyl groups excluding tert-OH is 1. The summed E-state index contributed by atoms with van der Waals surface area (Å²) in [6.45, 7) is 7.18. The lowest BCUT2D eigenvalue weighted by atomic mass is 10.1. The van der Waals surface area contributed by atoms with Gasteiger partial charge in [0, 0.05) is 19.6 Å². The molecule has 0 spiro atoms. The molecule has 1 unspecified atom stereocenters. The summed E-state index contributed by atoms with van der Waals surface area (Å²) in [5.41, 5.74) is 3.38. The lowest BCUT2D eigenvalue weighted by Crippen LogP contribution is -2.32. The van der Waals surface area contributed by atoms with Crippen LogP contribution in [0.1, 0.15) is 23.1 Å². The Bertz CT molecular complexity index is 810. The average Bonchev–Trinajstić information content (AvgIpc) is 2.71. The smallest absolute Gasteiger partial charge is 0.161 e. The first kappa shape index (κ1) is 25.0. The minimum atomic E-state index is -0.577. The zero-order valence-electron chi connectivity index (χ0n) is 19.9. The van der Waals surface area contributed by atoms with Crippen molar-refractivity contribution in [3.63, 3.8) is 0 Å². The maximum absolute atomic E-state index is 10.4. The molecule has 0 aliphatic heterocycles. The van der Waals surface area contributed by atoms with Gasteiger partial charge in [-0.1, -0.05) is 23.8 Å². The van der Waals surface area contributed by atoms with Crippen molar-refractivity contribution in [1.82, 2.24) is 9.80 Å². The second kappa shape index (κ2) is 12.5. The standard InChI is InChI=1S/C25H38N2O4/c1-19-8-10-23(20(2)14-19)31-18-22(28)17-27(5)16-21-9-11-24(25(15-21)29-6)30-13-7-12-26(3)4/h8-11,14-15,22,28H,7,12-13,16-18H2,1-6H3. The van der Waals surface area contributed by atoms with Gasteiger partial charge in [-0.15, -0.1) is 0 Å². The fraction of sp³-hybridized carbons (Fsp3) is 0.520. The van der Waals surface area contributed by atoms with Gasteiger partial charge in [-0.3, -0.25) is 4.90 Å². The number of methoxy groups -OCH3 is 1. The Morgan fingerprint density at radius 3 is 2.35 bits per heavy atom. The van der Waals surface area contributed by atoms with Gasteiger partial charge in [0.05, 0.1) is 13.7 Å². The van der Waals surface area contributed by atoms with E-state index in [1.165, 1.54) is 5.56 Å². The van der Waals surface area contributed by atoms with Gasteiger partial charge in [0.25, 0.3) is 0 Å². The van der Waals surface area contributed by atoms with Crippen LogP contribution in [0.15, 0.2) is 36.4 Å². The van der Waals surface area contributed by atoms with Gasteiger partial charge in [-0.05, 0) is 70.7 Å². The minimum absolute atomic E-state index is 0.261. The van der Waals surface area contributed by atoms with Crippen LogP contribution in [0.4, 0.5) is 0 Å². The van der Waals surface area contributed by atoms with Crippen LogP contribution in [0.5, 0.6) is 17.2 Å². The molecule has 0 bridgehead atoms. The van der Waals surface area contributed by atoms with Crippen molar-refractivity contribution >= 4 is 0 Å². The second-order valence-corrected chi connectivity index (χ2v) is 8.42. The third-order valence-corrected chi connectivity index (χ3v) is 4.97. The molecule has 0 radical (unpaired) electrons. The average molecular weight is 431 g/mol.